The monoisotopic (exact) mass is 518 g/mol. The number of ether oxygens (including phenoxy) is 1. The molecule has 0 amide bonds. The number of aliphatic imine (C=N–C) groups is 1. The highest BCUT2D eigenvalue weighted by atomic mass is 127. The van der Waals surface area contributed by atoms with Crippen LogP contribution in [0.4, 0.5) is 5.69 Å². The first-order valence-electron chi connectivity index (χ1n) is 8.43. The Morgan fingerprint density at radius 1 is 1.14 bits per heavy atom. The molecule has 0 unspecified atom stereocenters. The van der Waals surface area contributed by atoms with Gasteiger partial charge in [-0.05, 0) is 29.3 Å². The Balaban J connectivity index is 0.00000392. The smallest absolute Gasteiger partial charge is 0.229 e. The molecule has 0 aromatic heterocycles. The number of hydrogen-bond donors (Lipinski definition) is 2. The van der Waals surface area contributed by atoms with E-state index in [9.17, 15) is 8.42 Å². The molecule has 28 heavy (non-hydrogen) atoms. The van der Waals surface area contributed by atoms with Gasteiger partial charge < -0.3 is 15.0 Å². The van der Waals surface area contributed by atoms with Crippen molar-refractivity contribution >= 4 is 45.6 Å². The number of halogens is 1. The zero-order valence-corrected chi connectivity index (χ0v) is 19.6. The van der Waals surface area contributed by atoms with E-state index in [1.807, 2.05) is 48.3 Å². The fourth-order valence-electron chi connectivity index (χ4n) is 2.61. The van der Waals surface area contributed by atoms with E-state index >= 15 is 0 Å². The third-order valence-electron chi connectivity index (χ3n) is 3.90. The van der Waals surface area contributed by atoms with Crippen LogP contribution >= 0.6 is 24.0 Å². The average Bonchev–Trinajstić information content (AvgIpc) is 2.63. The van der Waals surface area contributed by atoms with Crippen molar-refractivity contribution in [1.29, 1.82) is 0 Å². The molecule has 0 aliphatic rings. The Morgan fingerprint density at radius 2 is 1.79 bits per heavy atom. The first kappa shape index (κ1) is 24.0. The molecule has 2 N–H and O–H groups in total. The van der Waals surface area contributed by atoms with Crippen molar-refractivity contribution in [3.05, 3.63) is 59.7 Å². The summed E-state index contributed by atoms with van der Waals surface area (Å²) in [5, 5.41) is 3.27. The Kier molecular flexibility index (Phi) is 9.53. The van der Waals surface area contributed by atoms with Crippen LogP contribution in [0.2, 0.25) is 0 Å². The molecular formula is C19H27IN4O3S. The van der Waals surface area contributed by atoms with Crippen LogP contribution in [0.25, 0.3) is 0 Å². The quantitative estimate of drug-likeness (QED) is 0.335. The second-order valence-electron chi connectivity index (χ2n) is 6.14. The summed E-state index contributed by atoms with van der Waals surface area (Å²) in [5.41, 5.74) is 2.52. The Morgan fingerprint density at radius 3 is 2.36 bits per heavy atom. The van der Waals surface area contributed by atoms with Crippen molar-refractivity contribution in [3.63, 3.8) is 0 Å². The van der Waals surface area contributed by atoms with Crippen molar-refractivity contribution in [1.82, 2.24) is 10.2 Å². The van der Waals surface area contributed by atoms with Crippen LogP contribution in [0.15, 0.2) is 53.5 Å². The molecule has 0 bridgehead atoms. The van der Waals surface area contributed by atoms with Gasteiger partial charge in [-0.1, -0.05) is 30.3 Å². The predicted octanol–water partition coefficient (Wildman–Crippen LogP) is 2.89. The Hall–Kier alpha value is -2.01. The minimum atomic E-state index is -3.34. The molecule has 0 saturated heterocycles. The van der Waals surface area contributed by atoms with Crippen LogP contribution in [-0.4, -0.2) is 46.7 Å². The highest BCUT2D eigenvalue weighted by molar-refractivity contribution is 14.0. The summed E-state index contributed by atoms with van der Waals surface area (Å²) in [6, 6.07) is 15.1. The van der Waals surface area contributed by atoms with Crippen LogP contribution in [0.1, 0.15) is 11.1 Å². The van der Waals surface area contributed by atoms with Crippen LogP contribution in [-0.2, 0) is 23.1 Å². The summed E-state index contributed by atoms with van der Waals surface area (Å²) in [4.78, 5) is 6.30. The number of nitrogens with zero attached hydrogens (tertiary/aromatic N) is 2. The Bertz CT molecular complexity index is 886. The van der Waals surface area contributed by atoms with E-state index in [-0.39, 0.29) is 24.0 Å². The molecule has 2 aromatic carbocycles. The minimum Gasteiger partial charge on any atom is -0.497 e. The molecule has 0 aliphatic carbocycles. The number of guanidine groups is 1. The molecule has 2 aromatic rings. The fourth-order valence-corrected chi connectivity index (χ4v) is 3.21. The van der Waals surface area contributed by atoms with Crippen molar-refractivity contribution < 1.29 is 13.2 Å². The molecule has 154 valence electrons. The molecule has 0 spiro atoms. The lowest BCUT2D eigenvalue weighted by Gasteiger charge is -2.23. The maximum atomic E-state index is 11.5. The third kappa shape index (κ3) is 7.55. The van der Waals surface area contributed by atoms with E-state index in [2.05, 4.69) is 15.0 Å². The first-order chi connectivity index (χ1) is 12.8. The van der Waals surface area contributed by atoms with Gasteiger partial charge in [0.25, 0.3) is 0 Å². The highest BCUT2D eigenvalue weighted by Crippen LogP contribution is 2.16. The van der Waals surface area contributed by atoms with E-state index in [0.29, 0.717) is 24.7 Å². The lowest BCUT2D eigenvalue weighted by molar-refractivity contribution is 0.414. The average molecular weight is 518 g/mol. The van der Waals surface area contributed by atoms with Gasteiger partial charge in [0.05, 0.1) is 19.1 Å². The SMILES string of the molecule is CN=C(NCc1ccccc1NS(C)(=O)=O)N(C)Cc1ccc(OC)cc1.I. The molecule has 0 radical (unpaired) electrons. The van der Waals surface area contributed by atoms with Crippen LogP contribution in [0.5, 0.6) is 5.75 Å². The van der Waals surface area contributed by atoms with E-state index in [4.69, 9.17) is 4.74 Å². The van der Waals surface area contributed by atoms with Crippen LogP contribution in [0.3, 0.4) is 0 Å². The molecule has 9 heteroatoms. The predicted molar refractivity (Wildman–Crippen MR) is 125 cm³/mol. The van der Waals surface area contributed by atoms with Gasteiger partial charge in [-0.2, -0.15) is 0 Å². The van der Waals surface area contributed by atoms with Gasteiger partial charge in [-0.15, -0.1) is 24.0 Å². The van der Waals surface area contributed by atoms with E-state index in [1.165, 1.54) is 0 Å². The van der Waals surface area contributed by atoms with Gasteiger partial charge in [-0.3, -0.25) is 9.71 Å². The number of para-hydroxylation sites is 1. The van der Waals surface area contributed by atoms with Crippen molar-refractivity contribution in [2.75, 3.05) is 32.2 Å². The lowest BCUT2D eigenvalue weighted by Crippen LogP contribution is -2.38. The largest absolute Gasteiger partial charge is 0.497 e. The number of sulfonamides is 1. The van der Waals surface area contributed by atoms with Gasteiger partial charge in [0, 0.05) is 27.2 Å². The lowest BCUT2D eigenvalue weighted by atomic mass is 10.2. The summed E-state index contributed by atoms with van der Waals surface area (Å²) in [6.45, 7) is 1.12. The van der Waals surface area contributed by atoms with Crippen molar-refractivity contribution in [2.24, 2.45) is 4.99 Å². The molecule has 0 fully saturated rings. The molecule has 0 aliphatic heterocycles. The van der Waals surface area contributed by atoms with Crippen molar-refractivity contribution in [3.8, 4) is 5.75 Å². The first-order valence-corrected chi connectivity index (χ1v) is 10.3. The highest BCUT2D eigenvalue weighted by Gasteiger charge is 2.10. The second-order valence-corrected chi connectivity index (χ2v) is 7.88. The molecule has 7 nitrogen and oxygen atoms in total. The summed E-state index contributed by atoms with van der Waals surface area (Å²) < 4.78 is 30.8. The van der Waals surface area contributed by atoms with E-state index in [1.54, 1.807) is 26.3 Å². The minimum absolute atomic E-state index is 0. The standard InChI is InChI=1S/C19H26N4O3S.HI/c1-20-19(23(2)14-15-9-11-17(26-3)12-10-15)21-13-16-7-5-6-8-18(16)22-27(4,24)25;/h5-12,22H,13-14H2,1-4H3,(H,20,21);1H. The summed E-state index contributed by atoms with van der Waals surface area (Å²) in [6.07, 6.45) is 1.14. The van der Waals surface area contributed by atoms with Crippen molar-refractivity contribution in [2.45, 2.75) is 13.1 Å². The normalized spacial score (nSPS) is 11.4. The summed E-state index contributed by atoms with van der Waals surface area (Å²) in [5.74, 6) is 1.53. The van der Waals surface area contributed by atoms with Crippen LogP contribution in [0, 0.1) is 0 Å². The third-order valence-corrected chi connectivity index (χ3v) is 4.49. The topological polar surface area (TPSA) is 83.0 Å². The van der Waals surface area contributed by atoms with Gasteiger partial charge in [0.1, 0.15) is 5.75 Å². The van der Waals surface area contributed by atoms with Gasteiger partial charge >= 0.3 is 0 Å². The zero-order valence-electron chi connectivity index (χ0n) is 16.5. The number of benzene rings is 2. The van der Waals surface area contributed by atoms with E-state index in [0.717, 1.165) is 23.1 Å². The number of hydrogen-bond acceptors (Lipinski definition) is 4. The number of nitrogens with one attached hydrogen (secondary N) is 2. The molecule has 0 atom stereocenters. The van der Waals surface area contributed by atoms with E-state index < -0.39 is 10.0 Å². The second kappa shape index (κ2) is 11.1. The Labute approximate surface area is 184 Å². The zero-order chi connectivity index (χ0) is 19.9. The van der Waals surface area contributed by atoms with Gasteiger partial charge in [0.15, 0.2) is 5.96 Å². The maximum Gasteiger partial charge on any atom is 0.229 e. The number of methoxy groups -OCH3 is 1. The van der Waals surface area contributed by atoms with Crippen LogP contribution < -0.4 is 14.8 Å². The van der Waals surface area contributed by atoms with Gasteiger partial charge in [-0.25, -0.2) is 8.42 Å². The number of rotatable bonds is 7. The summed E-state index contributed by atoms with van der Waals surface area (Å²) >= 11 is 0. The number of anilines is 1. The van der Waals surface area contributed by atoms with Gasteiger partial charge in [0.2, 0.25) is 10.0 Å². The molecule has 0 saturated carbocycles. The summed E-state index contributed by atoms with van der Waals surface area (Å²) in [7, 11) is 1.97. The molecule has 0 heterocycles. The fraction of sp³-hybridized carbons (Fsp3) is 0.316. The maximum absolute atomic E-state index is 11.5. The molecule has 2 rings (SSSR count). The molecular weight excluding hydrogens is 491 g/mol.